The molecule has 1 aromatic carbocycles. The normalized spacial score (nSPS) is 11.0. The standard InChI is InChI=1S/C15H20ClN3/c1-5-17-9-14-11(3)18-19(12(14)4)13-7-6-10(2)15(16)8-13/h6-8,17H,5,9H2,1-4H3. The molecular weight excluding hydrogens is 258 g/mol. The van der Waals surface area contributed by atoms with Crippen molar-refractivity contribution in [3.8, 4) is 5.69 Å². The molecule has 2 rings (SSSR count). The quantitative estimate of drug-likeness (QED) is 0.926. The summed E-state index contributed by atoms with van der Waals surface area (Å²) in [5.74, 6) is 0. The Morgan fingerprint density at radius 2 is 2.00 bits per heavy atom. The number of nitrogens with one attached hydrogen (secondary N) is 1. The van der Waals surface area contributed by atoms with Crippen molar-refractivity contribution in [1.29, 1.82) is 0 Å². The highest BCUT2D eigenvalue weighted by atomic mass is 35.5. The molecule has 0 radical (unpaired) electrons. The van der Waals surface area contributed by atoms with Crippen LogP contribution < -0.4 is 5.32 Å². The van der Waals surface area contributed by atoms with Crippen molar-refractivity contribution >= 4 is 11.6 Å². The first kappa shape index (κ1) is 14.1. The maximum atomic E-state index is 6.19. The van der Waals surface area contributed by atoms with Gasteiger partial charge in [-0.3, -0.25) is 0 Å². The second kappa shape index (κ2) is 5.76. The SMILES string of the molecule is CCNCc1c(C)nn(-c2ccc(C)c(Cl)c2)c1C. The second-order valence-corrected chi connectivity index (χ2v) is 5.18. The Bertz CT molecular complexity index is 587. The lowest BCUT2D eigenvalue weighted by Gasteiger charge is -2.07. The van der Waals surface area contributed by atoms with Crippen molar-refractivity contribution in [2.45, 2.75) is 34.2 Å². The Hall–Kier alpha value is -1.32. The number of nitrogens with zero attached hydrogens (tertiary/aromatic N) is 2. The van der Waals surface area contributed by atoms with Crippen molar-refractivity contribution in [3.05, 3.63) is 45.7 Å². The zero-order valence-corrected chi connectivity index (χ0v) is 12.7. The largest absolute Gasteiger partial charge is 0.313 e. The van der Waals surface area contributed by atoms with Gasteiger partial charge in [-0.05, 0) is 45.0 Å². The fraction of sp³-hybridized carbons (Fsp3) is 0.400. The minimum atomic E-state index is 0.776. The van der Waals surface area contributed by atoms with Gasteiger partial charge in [0.25, 0.3) is 0 Å². The summed E-state index contributed by atoms with van der Waals surface area (Å²) in [4.78, 5) is 0. The molecule has 3 nitrogen and oxygen atoms in total. The molecule has 0 aliphatic carbocycles. The molecular formula is C15H20ClN3. The highest BCUT2D eigenvalue weighted by Gasteiger charge is 2.12. The van der Waals surface area contributed by atoms with E-state index in [1.807, 2.05) is 30.7 Å². The Kier molecular flexibility index (Phi) is 4.27. The number of rotatable bonds is 4. The van der Waals surface area contributed by atoms with Gasteiger partial charge >= 0.3 is 0 Å². The molecule has 102 valence electrons. The fourth-order valence-corrected chi connectivity index (χ4v) is 2.32. The molecule has 1 aromatic heterocycles. The minimum absolute atomic E-state index is 0.776. The Morgan fingerprint density at radius 3 is 2.63 bits per heavy atom. The average molecular weight is 278 g/mol. The first-order valence-corrected chi connectivity index (χ1v) is 6.94. The van der Waals surface area contributed by atoms with Crippen LogP contribution >= 0.6 is 11.6 Å². The molecule has 0 saturated heterocycles. The monoisotopic (exact) mass is 277 g/mol. The summed E-state index contributed by atoms with van der Waals surface area (Å²) in [7, 11) is 0. The molecule has 0 aliphatic heterocycles. The number of halogens is 1. The van der Waals surface area contributed by atoms with Crippen molar-refractivity contribution in [1.82, 2.24) is 15.1 Å². The van der Waals surface area contributed by atoms with Crippen LogP contribution in [0.5, 0.6) is 0 Å². The maximum absolute atomic E-state index is 6.19. The number of hydrogen-bond donors (Lipinski definition) is 1. The van der Waals surface area contributed by atoms with Gasteiger partial charge in [-0.25, -0.2) is 4.68 Å². The van der Waals surface area contributed by atoms with Crippen LogP contribution in [0.4, 0.5) is 0 Å². The molecule has 0 spiro atoms. The van der Waals surface area contributed by atoms with Gasteiger partial charge in [0.1, 0.15) is 0 Å². The van der Waals surface area contributed by atoms with E-state index < -0.39 is 0 Å². The zero-order chi connectivity index (χ0) is 14.0. The van der Waals surface area contributed by atoms with E-state index in [0.717, 1.165) is 35.1 Å². The van der Waals surface area contributed by atoms with Crippen LogP contribution in [0.15, 0.2) is 18.2 Å². The van der Waals surface area contributed by atoms with Gasteiger partial charge < -0.3 is 5.32 Å². The molecule has 0 saturated carbocycles. The Balaban J connectivity index is 2.42. The topological polar surface area (TPSA) is 29.9 Å². The molecule has 1 N–H and O–H groups in total. The van der Waals surface area contributed by atoms with Gasteiger partial charge in [-0.1, -0.05) is 24.6 Å². The van der Waals surface area contributed by atoms with E-state index in [2.05, 4.69) is 30.3 Å². The van der Waals surface area contributed by atoms with Crippen molar-refractivity contribution < 1.29 is 0 Å². The highest BCUT2D eigenvalue weighted by molar-refractivity contribution is 6.31. The molecule has 4 heteroatoms. The zero-order valence-electron chi connectivity index (χ0n) is 11.9. The molecule has 1 heterocycles. The molecule has 2 aromatic rings. The van der Waals surface area contributed by atoms with Crippen molar-refractivity contribution in [2.24, 2.45) is 0 Å². The first-order valence-electron chi connectivity index (χ1n) is 6.57. The molecule has 0 amide bonds. The van der Waals surface area contributed by atoms with Crippen LogP contribution in [0.25, 0.3) is 5.69 Å². The lowest BCUT2D eigenvalue weighted by atomic mass is 10.2. The Labute approximate surface area is 119 Å². The van der Waals surface area contributed by atoms with E-state index in [1.54, 1.807) is 0 Å². The average Bonchev–Trinajstić information content (AvgIpc) is 2.66. The van der Waals surface area contributed by atoms with Crippen molar-refractivity contribution in [3.63, 3.8) is 0 Å². The number of aromatic nitrogens is 2. The smallest absolute Gasteiger partial charge is 0.0663 e. The van der Waals surface area contributed by atoms with Crippen LogP contribution in [-0.4, -0.2) is 16.3 Å². The predicted molar refractivity (Wildman–Crippen MR) is 80.2 cm³/mol. The summed E-state index contributed by atoms with van der Waals surface area (Å²) in [5.41, 5.74) is 5.59. The summed E-state index contributed by atoms with van der Waals surface area (Å²) in [6.45, 7) is 10.1. The number of aryl methyl sites for hydroxylation is 2. The molecule has 0 fully saturated rings. The lowest BCUT2D eigenvalue weighted by molar-refractivity contribution is 0.719. The van der Waals surface area contributed by atoms with Crippen LogP contribution in [0.3, 0.4) is 0 Å². The van der Waals surface area contributed by atoms with Gasteiger partial charge in [0.15, 0.2) is 0 Å². The van der Waals surface area contributed by atoms with E-state index in [-0.39, 0.29) is 0 Å². The Morgan fingerprint density at radius 1 is 1.26 bits per heavy atom. The third kappa shape index (κ3) is 2.82. The predicted octanol–water partition coefficient (Wildman–Crippen LogP) is 3.56. The summed E-state index contributed by atoms with van der Waals surface area (Å²) < 4.78 is 1.97. The van der Waals surface area contributed by atoms with Crippen LogP contribution in [0.1, 0.15) is 29.4 Å². The van der Waals surface area contributed by atoms with Crippen LogP contribution in [0, 0.1) is 20.8 Å². The first-order chi connectivity index (χ1) is 9.04. The number of benzene rings is 1. The molecule has 0 unspecified atom stereocenters. The van der Waals surface area contributed by atoms with Crippen molar-refractivity contribution in [2.75, 3.05) is 6.54 Å². The van der Waals surface area contributed by atoms with Gasteiger partial charge in [-0.15, -0.1) is 0 Å². The maximum Gasteiger partial charge on any atom is 0.0663 e. The lowest BCUT2D eigenvalue weighted by Crippen LogP contribution is -2.13. The second-order valence-electron chi connectivity index (χ2n) is 4.77. The third-order valence-corrected chi connectivity index (χ3v) is 3.80. The van der Waals surface area contributed by atoms with E-state index in [1.165, 1.54) is 11.3 Å². The number of hydrogen-bond acceptors (Lipinski definition) is 2. The van der Waals surface area contributed by atoms with Gasteiger partial charge in [0.05, 0.1) is 11.4 Å². The highest BCUT2D eigenvalue weighted by Crippen LogP contribution is 2.22. The summed E-state index contributed by atoms with van der Waals surface area (Å²) in [5, 5.41) is 8.75. The summed E-state index contributed by atoms with van der Waals surface area (Å²) >= 11 is 6.19. The third-order valence-electron chi connectivity index (χ3n) is 3.39. The van der Waals surface area contributed by atoms with E-state index in [0.29, 0.717) is 0 Å². The van der Waals surface area contributed by atoms with E-state index in [9.17, 15) is 0 Å². The van der Waals surface area contributed by atoms with Gasteiger partial charge in [-0.2, -0.15) is 5.10 Å². The van der Waals surface area contributed by atoms with E-state index in [4.69, 9.17) is 11.6 Å². The van der Waals surface area contributed by atoms with Crippen LogP contribution in [-0.2, 0) is 6.54 Å². The summed E-state index contributed by atoms with van der Waals surface area (Å²) in [6.07, 6.45) is 0. The van der Waals surface area contributed by atoms with Gasteiger partial charge in [0.2, 0.25) is 0 Å². The molecule has 0 aliphatic rings. The van der Waals surface area contributed by atoms with Gasteiger partial charge in [0, 0.05) is 22.8 Å². The minimum Gasteiger partial charge on any atom is -0.313 e. The van der Waals surface area contributed by atoms with E-state index >= 15 is 0 Å². The van der Waals surface area contributed by atoms with Crippen LogP contribution in [0.2, 0.25) is 5.02 Å². The summed E-state index contributed by atoms with van der Waals surface area (Å²) in [6, 6.07) is 6.04. The fourth-order valence-electron chi connectivity index (χ4n) is 2.15. The molecule has 0 atom stereocenters. The molecule has 19 heavy (non-hydrogen) atoms. The molecule has 0 bridgehead atoms.